The Kier molecular flexibility index (Phi) is 5.62. The molecule has 0 saturated carbocycles. The molecule has 0 aromatic heterocycles. The fourth-order valence-corrected chi connectivity index (χ4v) is 4.17. The summed E-state index contributed by atoms with van der Waals surface area (Å²) in [7, 11) is 1.72. The number of hydrogen-bond acceptors (Lipinski definition) is 4. The van der Waals surface area contributed by atoms with E-state index in [-0.39, 0.29) is 18.7 Å². The highest BCUT2D eigenvalue weighted by Crippen LogP contribution is 2.41. The van der Waals surface area contributed by atoms with Crippen LogP contribution in [0.5, 0.6) is 0 Å². The van der Waals surface area contributed by atoms with Gasteiger partial charge in [-0.15, -0.1) is 0 Å². The Morgan fingerprint density at radius 2 is 1.71 bits per heavy atom. The molecule has 1 N–H and O–H groups in total. The van der Waals surface area contributed by atoms with Crippen molar-refractivity contribution in [1.82, 2.24) is 9.80 Å². The number of piperazine rings is 1. The number of urea groups is 1. The number of methoxy groups -OCH3 is 1. The first-order valence-corrected chi connectivity index (χ1v) is 9.85. The summed E-state index contributed by atoms with van der Waals surface area (Å²) in [6.07, 6.45) is 0.647. The molecule has 2 amide bonds. The SMILES string of the molecule is CO[C@H]1Cc2ccccc2N(C(=O)N2CCN(CCO)CC2)c2ccccc21. The van der Waals surface area contributed by atoms with Crippen LogP contribution in [0, 0.1) is 0 Å². The zero-order valence-electron chi connectivity index (χ0n) is 16.3. The maximum absolute atomic E-state index is 13.6. The molecule has 28 heavy (non-hydrogen) atoms. The van der Waals surface area contributed by atoms with E-state index in [1.165, 1.54) is 0 Å². The van der Waals surface area contributed by atoms with E-state index in [4.69, 9.17) is 9.84 Å². The number of hydrogen-bond donors (Lipinski definition) is 1. The Morgan fingerprint density at radius 1 is 1.04 bits per heavy atom. The lowest BCUT2D eigenvalue weighted by atomic mass is 10.0. The minimum atomic E-state index is -0.0865. The summed E-state index contributed by atoms with van der Waals surface area (Å²) >= 11 is 0. The Balaban J connectivity index is 1.70. The van der Waals surface area contributed by atoms with Crippen LogP contribution in [-0.2, 0) is 11.2 Å². The molecule has 4 rings (SSSR count). The number of aliphatic hydroxyl groups is 1. The average molecular weight is 381 g/mol. The molecule has 2 heterocycles. The van der Waals surface area contributed by atoms with Crippen molar-refractivity contribution >= 4 is 17.4 Å². The van der Waals surface area contributed by atoms with Gasteiger partial charge in [-0.2, -0.15) is 0 Å². The first-order valence-electron chi connectivity index (χ1n) is 9.85. The van der Waals surface area contributed by atoms with Crippen LogP contribution in [0.4, 0.5) is 16.2 Å². The number of carbonyl (C=O) groups is 1. The highest BCUT2D eigenvalue weighted by Gasteiger charge is 2.33. The number of benzene rings is 2. The summed E-state index contributed by atoms with van der Waals surface area (Å²) in [5, 5.41) is 9.15. The van der Waals surface area contributed by atoms with Gasteiger partial charge < -0.3 is 14.7 Å². The van der Waals surface area contributed by atoms with Crippen LogP contribution in [0.3, 0.4) is 0 Å². The van der Waals surface area contributed by atoms with Crippen molar-refractivity contribution in [3.05, 3.63) is 59.7 Å². The number of β-amino-alcohol motifs (C(OH)–C–C–N with tert-alkyl or cyclic N) is 1. The monoisotopic (exact) mass is 381 g/mol. The number of fused-ring (bicyclic) bond motifs is 2. The lowest BCUT2D eigenvalue weighted by Gasteiger charge is -2.37. The van der Waals surface area contributed by atoms with E-state index in [2.05, 4.69) is 17.0 Å². The van der Waals surface area contributed by atoms with Gasteiger partial charge in [-0.1, -0.05) is 36.4 Å². The average Bonchev–Trinajstić information content (AvgIpc) is 2.88. The van der Waals surface area contributed by atoms with Gasteiger partial charge in [-0.3, -0.25) is 9.80 Å². The molecule has 148 valence electrons. The van der Waals surface area contributed by atoms with E-state index in [1.807, 2.05) is 46.2 Å². The van der Waals surface area contributed by atoms with Crippen LogP contribution in [0.15, 0.2) is 48.5 Å². The third kappa shape index (κ3) is 3.51. The van der Waals surface area contributed by atoms with Gasteiger partial charge in [0.2, 0.25) is 0 Å². The minimum Gasteiger partial charge on any atom is -0.395 e. The van der Waals surface area contributed by atoms with Crippen molar-refractivity contribution in [2.75, 3.05) is 51.3 Å². The molecule has 0 spiro atoms. The van der Waals surface area contributed by atoms with E-state index in [1.54, 1.807) is 7.11 Å². The largest absolute Gasteiger partial charge is 0.395 e. The molecule has 6 nitrogen and oxygen atoms in total. The quantitative estimate of drug-likeness (QED) is 0.888. The second-order valence-electron chi connectivity index (χ2n) is 7.29. The lowest BCUT2D eigenvalue weighted by Crippen LogP contribution is -2.52. The summed E-state index contributed by atoms with van der Waals surface area (Å²) in [5.74, 6) is 0. The number of rotatable bonds is 3. The topological polar surface area (TPSA) is 56.2 Å². The Bertz CT molecular complexity index is 833. The van der Waals surface area contributed by atoms with E-state index >= 15 is 0 Å². The number of ether oxygens (including phenoxy) is 1. The van der Waals surface area contributed by atoms with Crippen LogP contribution >= 0.6 is 0 Å². The lowest BCUT2D eigenvalue weighted by molar-refractivity contribution is 0.105. The van der Waals surface area contributed by atoms with Crippen LogP contribution < -0.4 is 4.90 Å². The second kappa shape index (κ2) is 8.31. The first kappa shape index (κ1) is 18.9. The van der Waals surface area contributed by atoms with Crippen molar-refractivity contribution in [2.24, 2.45) is 0 Å². The summed E-state index contributed by atoms with van der Waals surface area (Å²) in [6, 6.07) is 16.1. The number of aliphatic hydroxyl groups excluding tert-OH is 1. The Morgan fingerprint density at radius 3 is 2.43 bits per heavy atom. The van der Waals surface area contributed by atoms with Gasteiger partial charge in [0.05, 0.1) is 24.1 Å². The van der Waals surface area contributed by atoms with Crippen LogP contribution in [-0.4, -0.2) is 67.4 Å². The van der Waals surface area contributed by atoms with Gasteiger partial charge in [0.1, 0.15) is 0 Å². The maximum Gasteiger partial charge on any atom is 0.329 e. The van der Waals surface area contributed by atoms with Crippen LogP contribution in [0.1, 0.15) is 17.2 Å². The second-order valence-corrected chi connectivity index (χ2v) is 7.29. The summed E-state index contributed by atoms with van der Waals surface area (Å²) < 4.78 is 5.79. The summed E-state index contributed by atoms with van der Waals surface area (Å²) in [4.78, 5) is 19.6. The first-order chi connectivity index (χ1) is 13.7. The van der Waals surface area contributed by atoms with Crippen molar-refractivity contribution < 1.29 is 14.6 Å². The van der Waals surface area contributed by atoms with Crippen molar-refractivity contribution in [3.8, 4) is 0 Å². The third-order valence-corrected chi connectivity index (χ3v) is 5.70. The van der Waals surface area contributed by atoms with Gasteiger partial charge in [-0.05, 0) is 17.7 Å². The van der Waals surface area contributed by atoms with E-state index in [9.17, 15) is 4.79 Å². The van der Waals surface area contributed by atoms with E-state index in [0.29, 0.717) is 19.6 Å². The van der Waals surface area contributed by atoms with Gasteiger partial charge in [-0.25, -0.2) is 4.79 Å². The van der Waals surface area contributed by atoms with E-state index in [0.717, 1.165) is 42.0 Å². The molecule has 0 aliphatic carbocycles. The number of para-hydroxylation sites is 2. The molecule has 1 atom stereocenters. The van der Waals surface area contributed by atoms with Crippen LogP contribution in [0.25, 0.3) is 0 Å². The fraction of sp³-hybridized carbons (Fsp3) is 0.409. The normalized spacial score (nSPS) is 19.7. The molecule has 2 aliphatic heterocycles. The van der Waals surface area contributed by atoms with Crippen LogP contribution in [0.2, 0.25) is 0 Å². The molecule has 2 aliphatic rings. The molecule has 1 fully saturated rings. The zero-order valence-corrected chi connectivity index (χ0v) is 16.3. The van der Waals surface area contributed by atoms with Crippen molar-refractivity contribution in [2.45, 2.75) is 12.5 Å². The number of amides is 2. The molecular formula is C22H27N3O3. The smallest absolute Gasteiger partial charge is 0.329 e. The molecule has 0 bridgehead atoms. The predicted molar refractivity (Wildman–Crippen MR) is 109 cm³/mol. The Labute approximate surface area is 165 Å². The molecule has 0 radical (unpaired) electrons. The Hall–Kier alpha value is -2.41. The number of nitrogens with zero attached hydrogens (tertiary/aromatic N) is 3. The van der Waals surface area contributed by atoms with Crippen molar-refractivity contribution in [3.63, 3.8) is 0 Å². The summed E-state index contributed by atoms with van der Waals surface area (Å²) in [5.41, 5.74) is 3.96. The molecule has 6 heteroatoms. The maximum atomic E-state index is 13.6. The van der Waals surface area contributed by atoms with Gasteiger partial charge in [0.15, 0.2) is 0 Å². The molecular weight excluding hydrogens is 354 g/mol. The fourth-order valence-electron chi connectivity index (χ4n) is 4.17. The van der Waals surface area contributed by atoms with Gasteiger partial charge in [0, 0.05) is 51.8 Å². The standard InChI is InChI=1S/C22H27N3O3/c1-28-21-16-17-6-2-4-8-19(17)25(20-9-5-3-7-18(20)21)22(27)24-12-10-23(11-13-24)14-15-26/h2-9,21,26H,10-16H2,1H3/t21-/m0/s1. The molecule has 0 unspecified atom stereocenters. The molecule has 2 aromatic carbocycles. The zero-order chi connectivity index (χ0) is 19.5. The number of anilines is 2. The third-order valence-electron chi connectivity index (χ3n) is 5.70. The van der Waals surface area contributed by atoms with Gasteiger partial charge in [0.25, 0.3) is 0 Å². The molecule has 2 aromatic rings. The number of carbonyl (C=O) groups excluding carboxylic acids is 1. The van der Waals surface area contributed by atoms with E-state index < -0.39 is 0 Å². The molecule has 1 saturated heterocycles. The highest BCUT2D eigenvalue weighted by molar-refractivity contribution is 6.01. The highest BCUT2D eigenvalue weighted by atomic mass is 16.5. The predicted octanol–water partition coefficient (Wildman–Crippen LogP) is 2.80. The minimum absolute atomic E-state index is 0.000279. The summed E-state index contributed by atoms with van der Waals surface area (Å²) in [6.45, 7) is 3.70. The van der Waals surface area contributed by atoms with Gasteiger partial charge >= 0.3 is 6.03 Å². The van der Waals surface area contributed by atoms with Crippen molar-refractivity contribution in [1.29, 1.82) is 0 Å².